The Kier molecular flexibility index (Phi) is 2.14. The zero-order chi connectivity index (χ0) is 9.19. The second-order valence-electron chi connectivity index (χ2n) is 2.18. The summed E-state index contributed by atoms with van der Waals surface area (Å²) in [5.41, 5.74) is 4.90. The first-order valence-electron chi connectivity index (χ1n) is 3.19. The molecule has 0 atom stereocenters. The van der Waals surface area contributed by atoms with Crippen molar-refractivity contribution in [2.45, 2.75) is 4.90 Å². The van der Waals surface area contributed by atoms with Crippen molar-refractivity contribution in [3.8, 4) is 0 Å². The molecule has 0 unspecified atom stereocenters. The summed E-state index contributed by atoms with van der Waals surface area (Å²) in [5, 5.41) is 6.00. The summed E-state index contributed by atoms with van der Waals surface area (Å²) in [6.45, 7) is 0. The molecule has 0 radical (unpaired) electrons. The van der Waals surface area contributed by atoms with E-state index in [-0.39, 0.29) is 4.90 Å². The van der Waals surface area contributed by atoms with E-state index in [1.165, 1.54) is 12.1 Å². The molecule has 4 nitrogen and oxygen atoms in total. The van der Waals surface area contributed by atoms with Crippen molar-refractivity contribution in [3.05, 3.63) is 30.3 Å². The van der Waals surface area contributed by atoms with Gasteiger partial charge in [-0.2, -0.15) is 0 Å². The maximum absolute atomic E-state index is 11.2. The highest BCUT2D eigenvalue weighted by atomic mass is 32.2. The van der Waals surface area contributed by atoms with E-state index in [4.69, 9.17) is 11.1 Å². The number of amidine groups is 1. The largest absolute Gasteiger partial charge is 0.374 e. The minimum atomic E-state index is -3.72. The molecule has 0 aliphatic rings. The average Bonchev–Trinajstić information content (AvgIpc) is 2.06. The van der Waals surface area contributed by atoms with Gasteiger partial charge in [0.25, 0.3) is 0 Å². The Morgan fingerprint density at radius 1 is 1.25 bits per heavy atom. The van der Waals surface area contributed by atoms with Gasteiger partial charge >= 0.3 is 0 Å². The number of benzene rings is 1. The first kappa shape index (κ1) is 8.73. The molecular formula is C7H8N2O2S. The Bertz CT molecular complexity index is 383. The van der Waals surface area contributed by atoms with Gasteiger partial charge in [-0.25, -0.2) is 8.42 Å². The Balaban J connectivity index is 3.26. The van der Waals surface area contributed by atoms with Gasteiger partial charge in [0.2, 0.25) is 15.0 Å². The minimum absolute atomic E-state index is 0.0532. The zero-order valence-electron chi connectivity index (χ0n) is 6.19. The maximum atomic E-state index is 11.2. The Labute approximate surface area is 70.4 Å². The lowest BCUT2D eigenvalue weighted by Crippen LogP contribution is -2.22. The molecule has 0 saturated carbocycles. The fraction of sp³-hybridized carbons (Fsp3) is 0. The fourth-order valence-electron chi connectivity index (χ4n) is 0.727. The quantitative estimate of drug-likeness (QED) is 0.488. The Morgan fingerprint density at radius 3 is 2.17 bits per heavy atom. The summed E-state index contributed by atoms with van der Waals surface area (Å²) < 4.78 is 22.4. The lowest BCUT2D eigenvalue weighted by Gasteiger charge is -1.99. The molecule has 12 heavy (non-hydrogen) atoms. The van der Waals surface area contributed by atoms with Crippen LogP contribution in [0.5, 0.6) is 0 Å². The van der Waals surface area contributed by atoms with Crippen LogP contribution in [0.4, 0.5) is 0 Å². The second-order valence-corrected chi connectivity index (χ2v) is 4.10. The lowest BCUT2D eigenvalue weighted by atomic mass is 10.4. The third-order valence-electron chi connectivity index (χ3n) is 1.34. The van der Waals surface area contributed by atoms with Crippen LogP contribution in [0.3, 0.4) is 0 Å². The smallest absolute Gasteiger partial charge is 0.238 e. The SMILES string of the molecule is N=C(N)S(=O)(=O)c1ccccc1. The average molecular weight is 184 g/mol. The molecule has 1 aromatic carbocycles. The number of rotatable bonds is 1. The Hall–Kier alpha value is -1.36. The fourth-order valence-corrected chi connectivity index (χ4v) is 1.50. The normalized spacial score (nSPS) is 11.0. The monoisotopic (exact) mass is 184 g/mol. The van der Waals surface area contributed by atoms with E-state index in [2.05, 4.69) is 0 Å². The van der Waals surface area contributed by atoms with Crippen LogP contribution in [-0.4, -0.2) is 13.6 Å². The van der Waals surface area contributed by atoms with Crippen molar-refractivity contribution in [3.63, 3.8) is 0 Å². The number of hydrogen-bond donors (Lipinski definition) is 2. The van der Waals surface area contributed by atoms with Crippen LogP contribution < -0.4 is 5.73 Å². The van der Waals surface area contributed by atoms with Crippen LogP contribution in [-0.2, 0) is 9.84 Å². The van der Waals surface area contributed by atoms with Crippen molar-refractivity contribution >= 4 is 15.0 Å². The highest BCUT2D eigenvalue weighted by molar-refractivity contribution is 8.06. The minimum Gasteiger partial charge on any atom is -0.374 e. The van der Waals surface area contributed by atoms with E-state index in [1.54, 1.807) is 18.2 Å². The molecular weight excluding hydrogens is 176 g/mol. The van der Waals surface area contributed by atoms with Gasteiger partial charge in [-0.1, -0.05) is 18.2 Å². The van der Waals surface area contributed by atoms with Crippen LogP contribution in [0.25, 0.3) is 0 Å². The highest BCUT2D eigenvalue weighted by Gasteiger charge is 2.16. The Morgan fingerprint density at radius 2 is 1.75 bits per heavy atom. The van der Waals surface area contributed by atoms with E-state index in [0.29, 0.717) is 0 Å². The molecule has 0 aliphatic heterocycles. The number of sulfone groups is 1. The summed E-state index contributed by atoms with van der Waals surface area (Å²) in [4.78, 5) is 0.0532. The van der Waals surface area contributed by atoms with Crippen molar-refractivity contribution < 1.29 is 8.42 Å². The number of hydrogen-bond acceptors (Lipinski definition) is 3. The third-order valence-corrected chi connectivity index (χ3v) is 2.81. The van der Waals surface area contributed by atoms with Crippen molar-refractivity contribution in [2.24, 2.45) is 5.73 Å². The second kappa shape index (κ2) is 2.94. The van der Waals surface area contributed by atoms with Crippen LogP contribution in [0.2, 0.25) is 0 Å². The van der Waals surface area contributed by atoms with E-state index in [9.17, 15) is 8.42 Å². The van der Waals surface area contributed by atoms with Crippen LogP contribution >= 0.6 is 0 Å². The van der Waals surface area contributed by atoms with Gasteiger partial charge in [0, 0.05) is 0 Å². The standard InChI is InChI=1S/C7H8N2O2S/c8-7(9)12(10,11)6-4-2-1-3-5-6/h1-5H,(H3,8,9). The van der Waals surface area contributed by atoms with Crippen molar-refractivity contribution in [1.82, 2.24) is 0 Å². The highest BCUT2D eigenvalue weighted by Crippen LogP contribution is 2.08. The predicted molar refractivity (Wildman–Crippen MR) is 45.5 cm³/mol. The molecule has 0 spiro atoms. The first-order valence-corrected chi connectivity index (χ1v) is 4.67. The lowest BCUT2D eigenvalue weighted by molar-refractivity contribution is 0.606. The molecule has 0 saturated heterocycles. The molecule has 0 fully saturated rings. The molecule has 0 aliphatic carbocycles. The van der Waals surface area contributed by atoms with E-state index < -0.39 is 15.0 Å². The first-order chi connectivity index (χ1) is 5.55. The van der Waals surface area contributed by atoms with Crippen LogP contribution in [0.1, 0.15) is 0 Å². The molecule has 1 aromatic rings. The molecule has 3 N–H and O–H groups in total. The van der Waals surface area contributed by atoms with E-state index in [1.807, 2.05) is 0 Å². The van der Waals surface area contributed by atoms with Crippen molar-refractivity contribution in [1.29, 1.82) is 5.41 Å². The number of nitrogens with one attached hydrogen (secondary N) is 1. The van der Waals surface area contributed by atoms with E-state index in [0.717, 1.165) is 0 Å². The third kappa shape index (κ3) is 1.45. The zero-order valence-corrected chi connectivity index (χ0v) is 7.01. The summed E-state index contributed by atoms with van der Waals surface area (Å²) >= 11 is 0. The summed E-state index contributed by atoms with van der Waals surface area (Å²) in [5.74, 6) is 0. The summed E-state index contributed by atoms with van der Waals surface area (Å²) in [6.07, 6.45) is 0. The summed E-state index contributed by atoms with van der Waals surface area (Å²) in [6, 6.07) is 7.65. The van der Waals surface area contributed by atoms with Gasteiger partial charge in [-0.15, -0.1) is 0 Å². The van der Waals surface area contributed by atoms with Gasteiger partial charge in [0.15, 0.2) is 0 Å². The van der Waals surface area contributed by atoms with Crippen molar-refractivity contribution in [2.75, 3.05) is 0 Å². The molecule has 0 bridgehead atoms. The topological polar surface area (TPSA) is 84.0 Å². The van der Waals surface area contributed by atoms with Gasteiger partial charge in [-0.05, 0) is 12.1 Å². The predicted octanol–water partition coefficient (Wildman–Crippen LogP) is 0.354. The van der Waals surface area contributed by atoms with Gasteiger partial charge in [0.05, 0.1) is 4.90 Å². The van der Waals surface area contributed by atoms with Gasteiger partial charge < -0.3 is 5.73 Å². The summed E-state index contributed by atoms with van der Waals surface area (Å²) in [7, 11) is -3.72. The number of nitrogens with two attached hydrogens (primary N) is 1. The van der Waals surface area contributed by atoms with E-state index >= 15 is 0 Å². The molecule has 64 valence electrons. The van der Waals surface area contributed by atoms with Gasteiger partial charge in [0.1, 0.15) is 0 Å². The molecule has 5 heteroatoms. The molecule has 0 amide bonds. The molecule has 0 aromatic heterocycles. The van der Waals surface area contributed by atoms with Crippen LogP contribution in [0.15, 0.2) is 35.2 Å². The van der Waals surface area contributed by atoms with Crippen LogP contribution in [0, 0.1) is 5.41 Å². The molecule has 1 rings (SSSR count). The molecule has 0 heterocycles. The van der Waals surface area contributed by atoms with Gasteiger partial charge in [-0.3, -0.25) is 5.41 Å². The maximum Gasteiger partial charge on any atom is 0.238 e.